The smallest absolute Gasteiger partial charge is 0.240 e. The van der Waals surface area contributed by atoms with Crippen LogP contribution in [0, 0.1) is 17.5 Å². The van der Waals surface area contributed by atoms with Crippen molar-refractivity contribution in [3.63, 3.8) is 0 Å². The lowest BCUT2D eigenvalue weighted by molar-refractivity contribution is 0.0709. The Morgan fingerprint density at radius 1 is 1.05 bits per heavy atom. The van der Waals surface area contributed by atoms with Gasteiger partial charge in [-0.2, -0.15) is 0 Å². The molecule has 21 heavy (non-hydrogen) atoms. The molecule has 0 radical (unpaired) electrons. The summed E-state index contributed by atoms with van der Waals surface area (Å²) < 4.78 is 65.9. The zero-order valence-corrected chi connectivity index (χ0v) is 11.9. The molecule has 1 N–H and O–H groups in total. The van der Waals surface area contributed by atoms with Crippen LogP contribution in [0.4, 0.5) is 22.0 Å². The predicted octanol–water partition coefficient (Wildman–Crippen LogP) is 3.13. The lowest BCUT2D eigenvalue weighted by Crippen LogP contribution is -2.46. The van der Waals surface area contributed by atoms with Crippen LogP contribution in [-0.4, -0.2) is 37.5 Å². The summed E-state index contributed by atoms with van der Waals surface area (Å²) in [6.07, 6.45) is -3.38. The molecule has 1 heterocycles. The first-order valence-corrected chi connectivity index (χ1v) is 6.36. The van der Waals surface area contributed by atoms with Crippen LogP contribution in [0.25, 0.3) is 0 Å². The van der Waals surface area contributed by atoms with Gasteiger partial charge in [-0.3, -0.25) is 4.90 Å². The molecule has 1 fully saturated rings. The van der Waals surface area contributed by atoms with Crippen molar-refractivity contribution in [2.75, 3.05) is 26.2 Å². The Kier molecular flexibility index (Phi) is 6.83. The fraction of sp³-hybridized carbons (Fsp3) is 0.538. The fourth-order valence-corrected chi connectivity index (χ4v) is 2.48. The summed E-state index contributed by atoms with van der Waals surface area (Å²) in [6, 6.07) is -0.0317. The molecule has 1 aliphatic heterocycles. The van der Waals surface area contributed by atoms with Crippen LogP contribution in [-0.2, 0) is 0 Å². The number of hydrogen-bond acceptors (Lipinski definition) is 2. The number of nitrogens with zero attached hydrogens (tertiary/aromatic N) is 1. The van der Waals surface area contributed by atoms with E-state index in [1.165, 1.54) is 0 Å². The van der Waals surface area contributed by atoms with E-state index in [4.69, 9.17) is 0 Å². The Bertz CT molecular complexity index is 443. The molecule has 0 unspecified atom stereocenters. The molecule has 120 valence electrons. The lowest BCUT2D eigenvalue weighted by atomic mass is 10.00. The van der Waals surface area contributed by atoms with E-state index in [-0.39, 0.29) is 12.4 Å². The Morgan fingerprint density at radius 3 is 2.05 bits per heavy atom. The Morgan fingerprint density at radius 2 is 1.57 bits per heavy atom. The normalized spacial score (nSPS) is 17.6. The van der Waals surface area contributed by atoms with Gasteiger partial charge in [0.1, 0.15) is 17.5 Å². The molecular formula is C13H16ClF5N2. The third kappa shape index (κ3) is 4.52. The number of halogens is 6. The van der Waals surface area contributed by atoms with Crippen LogP contribution in [0.1, 0.15) is 18.0 Å². The first kappa shape index (κ1) is 18.1. The van der Waals surface area contributed by atoms with Crippen molar-refractivity contribution in [2.45, 2.75) is 18.9 Å². The van der Waals surface area contributed by atoms with Crippen molar-refractivity contribution in [1.29, 1.82) is 0 Å². The second-order valence-corrected chi connectivity index (χ2v) is 4.71. The highest BCUT2D eigenvalue weighted by Crippen LogP contribution is 2.32. The van der Waals surface area contributed by atoms with Gasteiger partial charge in [-0.1, -0.05) is 0 Å². The number of piperazine rings is 1. The van der Waals surface area contributed by atoms with Crippen LogP contribution >= 0.6 is 12.4 Å². The van der Waals surface area contributed by atoms with E-state index in [9.17, 15) is 22.0 Å². The quantitative estimate of drug-likeness (QED) is 0.853. The SMILES string of the molecule is Cl.Fc1cc(F)c([C@@H](CC(F)F)N2CCNCC2)c(F)c1. The molecule has 0 amide bonds. The molecular weight excluding hydrogens is 315 g/mol. The molecule has 0 spiro atoms. The van der Waals surface area contributed by atoms with Crippen molar-refractivity contribution in [2.24, 2.45) is 0 Å². The molecule has 0 bridgehead atoms. The van der Waals surface area contributed by atoms with E-state index in [0.717, 1.165) is 0 Å². The third-order valence-corrected chi connectivity index (χ3v) is 3.37. The highest BCUT2D eigenvalue weighted by atomic mass is 35.5. The van der Waals surface area contributed by atoms with Crippen LogP contribution in [0.5, 0.6) is 0 Å². The van der Waals surface area contributed by atoms with Gasteiger partial charge in [0.25, 0.3) is 0 Å². The van der Waals surface area contributed by atoms with Gasteiger partial charge in [0.05, 0.1) is 0 Å². The third-order valence-electron chi connectivity index (χ3n) is 3.37. The van der Waals surface area contributed by atoms with E-state index < -0.39 is 41.9 Å². The molecule has 1 aromatic rings. The van der Waals surface area contributed by atoms with Gasteiger partial charge < -0.3 is 5.32 Å². The van der Waals surface area contributed by atoms with Crippen molar-refractivity contribution in [3.8, 4) is 0 Å². The number of rotatable bonds is 4. The largest absolute Gasteiger partial charge is 0.314 e. The minimum atomic E-state index is -2.70. The molecule has 8 heteroatoms. The molecule has 1 aliphatic rings. The number of hydrogen-bond donors (Lipinski definition) is 1. The van der Waals surface area contributed by atoms with E-state index in [1.54, 1.807) is 4.90 Å². The summed E-state index contributed by atoms with van der Waals surface area (Å²) in [6.45, 7) is 1.94. The van der Waals surface area contributed by atoms with Crippen LogP contribution in [0.15, 0.2) is 12.1 Å². The zero-order valence-electron chi connectivity index (χ0n) is 11.1. The van der Waals surface area contributed by atoms with E-state index >= 15 is 0 Å². The number of benzene rings is 1. The fourth-order valence-electron chi connectivity index (χ4n) is 2.48. The number of nitrogens with one attached hydrogen (secondary N) is 1. The van der Waals surface area contributed by atoms with Gasteiger partial charge in [-0.25, -0.2) is 22.0 Å². The first-order valence-electron chi connectivity index (χ1n) is 6.36. The summed E-state index contributed by atoms with van der Waals surface area (Å²) in [5.74, 6) is -3.29. The Labute approximate surface area is 125 Å². The molecule has 1 saturated heterocycles. The van der Waals surface area contributed by atoms with Gasteiger partial charge in [0, 0.05) is 56.3 Å². The topological polar surface area (TPSA) is 15.3 Å². The Hall–Kier alpha value is -0.920. The lowest BCUT2D eigenvalue weighted by Gasteiger charge is -2.35. The summed E-state index contributed by atoms with van der Waals surface area (Å²) in [4.78, 5) is 1.60. The minimum absolute atomic E-state index is 0. The number of alkyl halides is 2. The molecule has 0 aromatic heterocycles. The minimum Gasteiger partial charge on any atom is -0.314 e. The Balaban J connectivity index is 0.00000220. The summed E-state index contributed by atoms with van der Waals surface area (Å²) >= 11 is 0. The van der Waals surface area contributed by atoms with Crippen molar-refractivity contribution < 1.29 is 22.0 Å². The van der Waals surface area contributed by atoms with Gasteiger partial charge in [0.15, 0.2) is 0 Å². The first-order chi connectivity index (χ1) is 9.49. The highest BCUT2D eigenvalue weighted by Gasteiger charge is 2.30. The standard InChI is InChI=1S/C13H15F5N2.ClH/c14-8-5-9(15)13(10(16)6-8)11(7-12(17)18)20-3-1-19-2-4-20;/h5-6,11-12,19H,1-4,7H2;1H/t11-;/m1./s1. The predicted molar refractivity (Wildman–Crippen MR) is 71.4 cm³/mol. The maximum Gasteiger partial charge on any atom is 0.240 e. The average Bonchev–Trinajstić information content (AvgIpc) is 2.37. The molecule has 1 atom stereocenters. The summed E-state index contributed by atoms with van der Waals surface area (Å²) in [5, 5.41) is 3.04. The second-order valence-electron chi connectivity index (χ2n) is 4.71. The summed E-state index contributed by atoms with van der Waals surface area (Å²) in [5.41, 5.74) is -0.478. The molecule has 0 aliphatic carbocycles. The van der Waals surface area contributed by atoms with Crippen LogP contribution in [0.2, 0.25) is 0 Å². The van der Waals surface area contributed by atoms with Gasteiger partial charge >= 0.3 is 0 Å². The van der Waals surface area contributed by atoms with E-state index in [0.29, 0.717) is 38.3 Å². The molecule has 0 saturated carbocycles. The van der Waals surface area contributed by atoms with Gasteiger partial charge in [-0.15, -0.1) is 12.4 Å². The van der Waals surface area contributed by atoms with Crippen molar-refractivity contribution >= 4 is 12.4 Å². The summed E-state index contributed by atoms with van der Waals surface area (Å²) in [7, 11) is 0. The second kappa shape index (κ2) is 7.91. The van der Waals surface area contributed by atoms with Crippen molar-refractivity contribution in [1.82, 2.24) is 10.2 Å². The maximum atomic E-state index is 13.8. The van der Waals surface area contributed by atoms with Crippen molar-refractivity contribution in [3.05, 3.63) is 35.1 Å². The van der Waals surface area contributed by atoms with E-state index in [2.05, 4.69) is 5.32 Å². The molecule has 1 aromatic carbocycles. The van der Waals surface area contributed by atoms with Crippen LogP contribution < -0.4 is 5.32 Å². The zero-order chi connectivity index (χ0) is 14.7. The molecule has 2 rings (SSSR count). The van der Waals surface area contributed by atoms with Gasteiger partial charge in [0.2, 0.25) is 6.43 Å². The highest BCUT2D eigenvalue weighted by molar-refractivity contribution is 5.85. The maximum absolute atomic E-state index is 13.8. The van der Waals surface area contributed by atoms with E-state index in [1.807, 2.05) is 0 Å². The monoisotopic (exact) mass is 330 g/mol. The molecule has 2 nitrogen and oxygen atoms in total. The van der Waals surface area contributed by atoms with Crippen LogP contribution in [0.3, 0.4) is 0 Å². The average molecular weight is 331 g/mol. The van der Waals surface area contributed by atoms with Gasteiger partial charge in [-0.05, 0) is 0 Å².